The van der Waals surface area contributed by atoms with Gasteiger partial charge in [-0.2, -0.15) is 9.97 Å². The van der Waals surface area contributed by atoms with E-state index in [0.717, 1.165) is 18.7 Å². The Morgan fingerprint density at radius 3 is 2.42 bits per heavy atom. The molecule has 7 nitrogen and oxygen atoms in total. The normalized spacial score (nSPS) is 10.2. The molecular weight excluding hydrogens is 302 g/mol. The molecule has 3 aromatic rings. The summed E-state index contributed by atoms with van der Waals surface area (Å²) < 4.78 is 0. The zero-order valence-electron chi connectivity index (χ0n) is 13.1. The van der Waals surface area contributed by atoms with Gasteiger partial charge in [-0.3, -0.25) is 4.98 Å². The maximum absolute atomic E-state index is 5.50. The zero-order chi connectivity index (χ0) is 16.6. The van der Waals surface area contributed by atoms with Gasteiger partial charge in [0, 0.05) is 30.7 Å². The molecule has 24 heavy (non-hydrogen) atoms. The number of nitrogens with zero attached hydrogens (tertiary/aromatic N) is 3. The molecule has 5 N–H and O–H groups in total. The summed E-state index contributed by atoms with van der Waals surface area (Å²) in [6.07, 6.45) is 4.45. The van der Waals surface area contributed by atoms with Gasteiger partial charge in [0.2, 0.25) is 5.95 Å². The van der Waals surface area contributed by atoms with E-state index in [0.29, 0.717) is 17.6 Å². The number of anilines is 4. The van der Waals surface area contributed by atoms with Crippen LogP contribution in [0.4, 0.5) is 23.3 Å². The van der Waals surface area contributed by atoms with Gasteiger partial charge in [-0.1, -0.05) is 18.2 Å². The monoisotopic (exact) mass is 321 g/mol. The molecule has 0 amide bonds. The van der Waals surface area contributed by atoms with Gasteiger partial charge < -0.3 is 16.1 Å². The van der Waals surface area contributed by atoms with Crippen molar-refractivity contribution in [3.63, 3.8) is 0 Å². The topological polar surface area (TPSA) is 101 Å². The molecule has 0 atom stereocenters. The summed E-state index contributed by atoms with van der Waals surface area (Å²) in [6, 6.07) is 15.5. The number of rotatable bonds is 7. The van der Waals surface area contributed by atoms with Crippen molar-refractivity contribution in [2.45, 2.75) is 6.42 Å². The molecule has 7 heteroatoms. The van der Waals surface area contributed by atoms with Crippen LogP contribution in [0.3, 0.4) is 0 Å². The molecule has 0 spiro atoms. The van der Waals surface area contributed by atoms with Crippen LogP contribution in [0.25, 0.3) is 0 Å². The first-order chi connectivity index (χ1) is 11.8. The molecule has 2 heterocycles. The Hall–Kier alpha value is -3.19. The SMILES string of the molecule is NNc1cc(NCCc2ccncc2)nc(Nc2ccccc2)n1. The molecule has 1 aromatic carbocycles. The lowest BCUT2D eigenvalue weighted by atomic mass is 10.2. The highest BCUT2D eigenvalue weighted by molar-refractivity contribution is 5.58. The second kappa shape index (κ2) is 7.89. The van der Waals surface area contributed by atoms with Crippen molar-refractivity contribution >= 4 is 23.3 Å². The van der Waals surface area contributed by atoms with E-state index in [-0.39, 0.29) is 0 Å². The predicted molar refractivity (Wildman–Crippen MR) is 96.0 cm³/mol. The summed E-state index contributed by atoms with van der Waals surface area (Å²) in [4.78, 5) is 12.8. The Morgan fingerprint density at radius 1 is 0.917 bits per heavy atom. The number of nitrogens with one attached hydrogen (secondary N) is 3. The van der Waals surface area contributed by atoms with Gasteiger partial charge >= 0.3 is 0 Å². The molecular formula is C17H19N7. The van der Waals surface area contributed by atoms with E-state index >= 15 is 0 Å². The van der Waals surface area contributed by atoms with E-state index in [1.807, 2.05) is 42.5 Å². The Labute approximate surface area is 140 Å². The number of benzene rings is 1. The summed E-state index contributed by atoms with van der Waals surface area (Å²) >= 11 is 0. The van der Waals surface area contributed by atoms with Crippen molar-refractivity contribution < 1.29 is 0 Å². The van der Waals surface area contributed by atoms with Crippen molar-refractivity contribution in [1.29, 1.82) is 0 Å². The average molecular weight is 321 g/mol. The molecule has 3 rings (SSSR count). The minimum Gasteiger partial charge on any atom is -0.370 e. The molecule has 0 bridgehead atoms. The van der Waals surface area contributed by atoms with Crippen molar-refractivity contribution in [3.8, 4) is 0 Å². The van der Waals surface area contributed by atoms with Gasteiger partial charge in [-0.25, -0.2) is 5.84 Å². The van der Waals surface area contributed by atoms with Crippen molar-refractivity contribution in [3.05, 3.63) is 66.5 Å². The molecule has 0 saturated heterocycles. The van der Waals surface area contributed by atoms with Crippen LogP contribution in [0.2, 0.25) is 0 Å². The highest BCUT2D eigenvalue weighted by atomic mass is 15.3. The minimum absolute atomic E-state index is 0.475. The lowest BCUT2D eigenvalue weighted by Crippen LogP contribution is -2.13. The summed E-state index contributed by atoms with van der Waals surface area (Å²) in [5, 5.41) is 6.45. The summed E-state index contributed by atoms with van der Waals surface area (Å²) in [5.41, 5.74) is 4.69. The van der Waals surface area contributed by atoms with Gasteiger partial charge in [0.05, 0.1) is 0 Å². The standard InChI is InChI=1S/C17H19N7/c18-24-16-12-15(20-11-8-13-6-9-19-10-7-13)22-17(23-16)21-14-4-2-1-3-5-14/h1-7,9-10,12H,8,11,18H2,(H3,20,21,22,23,24). The maximum atomic E-state index is 5.50. The number of hydrogen-bond donors (Lipinski definition) is 4. The first-order valence-electron chi connectivity index (χ1n) is 7.64. The highest BCUT2D eigenvalue weighted by Gasteiger charge is 2.04. The van der Waals surface area contributed by atoms with Crippen LogP contribution in [0.15, 0.2) is 60.9 Å². The van der Waals surface area contributed by atoms with E-state index in [4.69, 9.17) is 5.84 Å². The maximum Gasteiger partial charge on any atom is 0.231 e. The van der Waals surface area contributed by atoms with Crippen molar-refractivity contribution in [2.75, 3.05) is 22.6 Å². The Morgan fingerprint density at radius 2 is 1.67 bits per heavy atom. The van der Waals surface area contributed by atoms with Crippen molar-refractivity contribution in [2.24, 2.45) is 5.84 Å². The Balaban J connectivity index is 1.67. The van der Waals surface area contributed by atoms with E-state index in [2.05, 4.69) is 31.0 Å². The van der Waals surface area contributed by atoms with Crippen LogP contribution in [0.5, 0.6) is 0 Å². The zero-order valence-corrected chi connectivity index (χ0v) is 13.1. The van der Waals surface area contributed by atoms with Crippen LogP contribution in [-0.4, -0.2) is 21.5 Å². The second-order valence-electron chi connectivity index (χ2n) is 5.13. The van der Waals surface area contributed by atoms with Gasteiger partial charge in [0.1, 0.15) is 11.6 Å². The number of hydrazine groups is 1. The number of aromatic nitrogens is 3. The Kier molecular flexibility index (Phi) is 5.16. The smallest absolute Gasteiger partial charge is 0.231 e. The molecule has 0 aliphatic heterocycles. The molecule has 2 aromatic heterocycles. The van der Waals surface area contributed by atoms with Crippen LogP contribution < -0.4 is 21.9 Å². The lowest BCUT2D eigenvalue weighted by molar-refractivity contribution is 0.994. The van der Waals surface area contributed by atoms with Crippen LogP contribution in [-0.2, 0) is 6.42 Å². The molecule has 0 radical (unpaired) electrons. The number of nitrogens with two attached hydrogens (primary N) is 1. The Bertz CT molecular complexity index is 762. The molecule has 0 unspecified atom stereocenters. The average Bonchev–Trinajstić information content (AvgIpc) is 2.63. The molecule has 0 aliphatic carbocycles. The first-order valence-corrected chi connectivity index (χ1v) is 7.64. The van der Waals surface area contributed by atoms with E-state index in [1.165, 1.54) is 5.56 Å². The fourth-order valence-electron chi connectivity index (χ4n) is 2.20. The number of nitrogen functional groups attached to an aromatic ring is 1. The summed E-state index contributed by atoms with van der Waals surface area (Å²) in [5.74, 6) is 7.21. The molecule has 0 aliphatic rings. The largest absolute Gasteiger partial charge is 0.370 e. The van der Waals surface area contributed by atoms with Crippen molar-refractivity contribution in [1.82, 2.24) is 15.0 Å². The van der Waals surface area contributed by atoms with Gasteiger partial charge in [-0.15, -0.1) is 0 Å². The third kappa shape index (κ3) is 4.40. The van der Waals surface area contributed by atoms with Gasteiger partial charge in [-0.05, 0) is 36.2 Å². The predicted octanol–water partition coefficient (Wildman–Crippen LogP) is 2.56. The molecule has 0 fully saturated rings. The number of hydrogen-bond acceptors (Lipinski definition) is 7. The van der Waals surface area contributed by atoms with Crippen LogP contribution >= 0.6 is 0 Å². The second-order valence-corrected chi connectivity index (χ2v) is 5.13. The third-order valence-corrected chi connectivity index (χ3v) is 3.37. The van der Waals surface area contributed by atoms with E-state index in [9.17, 15) is 0 Å². The fraction of sp³-hybridized carbons (Fsp3) is 0.118. The third-order valence-electron chi connectivity index (χ3n) is 3.37. The van der Waals surface area contributed by atoms with Crippen LogP contribution in [0, 0.1) is 0 Å². The number of pyridine rings is 1. The quantitative estimate of drug-likeness (QED) is 0.392. The molecule has 0 saturated carbocycles. The highest BCUT2D eigenvalue weighted by Crippen LogP contribution is 2.17. The fourth-order valence-corrected chi connectivity index (χ4v) is 2.20. The van der Waals surface area contributed by atoms with E-state index < -0.39 is 0 Å². The number of para-hydroxylation sites is 1. The molecule has 122 valence electrons. The first kappa shape index (κ1) is 15.7. The van der Waals surface area contributed by atoms with Gasteiger partial charge in [0.15, 0.2) is 0 Å². The van der Waals surface area contributed by atoms with E-state index in [1.54, 1.807) is 18.5 Å². The van der Waals surface area contributed by atoms with Gasteiger partial charge in [0.25, 0.3) is 0 Å². The lowest BCUT2D eigenvalue weighted by Gasteiger charge is -2.11. The summed E-state index contributed by atoms with van der Waals surface area (Å²) in [6.45, 7) is 0.746. The minimum atomic E-state index is 0.475. The summed E-state index contributed by atoms with van der Waals surface area (Å²) in [7, 11) is 0. The van der Waals surface area contributed by atoms with Crippen LogP contribution in [0.1, 0.15) is 5.56 Å².